The molecular weight excluding hydrogens is 386 g/mol. The Bertz CT molecular complexity index is 1110. The van der Waals surface area contributed by atoms with Crippen molar-refractivity contribution in [2.45, 2.75) is 25.2 Å². The van der Waals surface area contributed by atoms with Gasteiger partial charge in [0.1, 0.15) is 0 Å². The molecule has 29 heavy (non-hydrogen) atoms. The van der Waals surface area contributed by atoms with Gasteiger partial charge in [0, 0.05) is 49.8 Å². The number of aromatic nitrogens is 4. The number of hydrogen-bond acceptors (Lipinski definition) is 7. The molecule has 1 atom stereocenters. The van der Waals surface area contributed by atoms with Crippen LogP contribution in [0, 0.1) is 0 Å². The summed E-state index contributed by atoms with van der Waals surface area (Å²) in [5.74, 6) is 1.42. The fraction of sp³-hybridized carbons (Fsp3) is 0.286. The lowest BCUT2D eigenvalue weighted by molar-refractivity contribution is -0.130. The van der Waals surface area contributed by atoms with E-state index < -0.39 is 0 Å². The summed E-state index contributed by atoms with van der Waals surface area (Å²) in [4.78, 5) is 27.7. The van der Waals surface area contributed by atoms with E-state index in [2.05, 4.69) is 26.2 Å². The van der Waals surface area contributed by atoms with E-state index in [9.17, 15) is 4.79 Å². The molecule has 5 rings (SSSR count). The molecule has 1 fully saturated rings. The van der Waals surface area contributed by atoms with Gasteiger partial charge in [-0.05, 0) is 30.7 Å². The molecule has 1 saturated heterocycles. The van der Waals surface area contributed by atoms with Crippen LogP contribution in [0.3, 0.4) is 0 Å². The Morgan fingerprint density at radius 3 is 2.90 bits per heavy atom. The summed E-state index contributed by atoms with van der Waals surface area (Å²) < 4.78 is 6.56. The largest absolute Gasteiger partial charge is 0.342 e. The molecule has 3 aromatic heterocycles. The number of para-hydroxylation sites is 1. The molecular formula is C21H19N5O2S. The number of fused-ring (bicyclic) bond motifs is 1. The predicted octanol–water partition coefficient (Wildman–Crippen LogP) is 3.69. The Morgan fingerprint density at radius 1 is 1.17 bits per heavy atom. The molecule has 4 heterocycles. The van der Waals surface area contributed by atoms with Crippen LogP contribution in [0.5, 0.6) is 0 Å². The van der Waals surface area contributed by atoms with E-state index in [4.69, 9.17) is 4.52 Å². The zero-order chi connectivity index (χ0) is 19.6. The zero-order valence-electron chi connectivity index (χ0n) is 15.7. The first-order chi connectivity index (χ1) is 14.3. The maximum absolute atomic E-state index is 12.7. The standard InChI is InChI=1S/C21H19N5O2S/c27-19(6-5-18-23-16-3-1-2-4-17(16)29-18)26-12-9-15(13-26)20-24-21(28-25-20)14-7-10-22-11-8-14/h1-4,7-8,10-11,15H,5-6,9,12-13H2. The highest BCUT2D eigenvalue weighted by Gasteiger charge is 2.30. The van der Waals surface area contributed by atoms with Crippen LogP contribution < -0.4 is 0 Å². The lowest BCUT2D eigenvalue weighted by Gasteiger charge is -2.15. The van der Waals surface area contributed by atoms with Gasteiger partial charge >= 0.3 is 0 Å². The molecule has 0 aliphatic carbocycles. The molecule has 1 amide bonds. The summed E-state index contributed by atoms with van der Waals surface area (Å²) in [6, 6.07) is 11.7. The van der Waals surface area contributed by atoms with Crippen LogP contribution in [0.1, 0.15) is 29.6 Å². The third-order valence-electron chi connectivity index (χ3n) is 5.17. The zero-order valence-corrected chi connectivity index (χ0v) is 16.5. The molecule has 8 heteroatoms. The van der Waals surface area contributed by atoms with E-state index in [0.29, 0.717) is 31.1 Å². The number of carbonyl (C=O) groups is 1. The quantitative estimate of drug-likeness (QED) is 0.503. The third-order valence-corrected chi connectivity index (χ3v) is 6.26. The molecule has 0 saturated carbocycles. The molecule has 0 N–H and O–H groups in total. The van der Waals surface area contributed by atoms with Crippen molar-refractivity contribution in [3.63, 3.8) is 0 Å². The van der Waals surface area contributed by atoms with E-state index in [0.717, 1.165) is 29.1 Å². The lowest BCUT2D eigenvalue weighted by Crippen LogP contribution is -2.28. The van der Waals surface area contributed by atoms with Gasteiger partial charge in [0.05, 0.1) is 15.2 Å². The van der Waals surface area contributed by atoms with E-state index in [1.807, 2.05) is 35.2 Å². The summed E-state index contributed by atoms with van der Waals surface area (Å²) >= 11 is 1.66. The molecule has 1 aliphatic heterocycles. The molecule has 0 radical (unpaired) electrons. The van der Waals surface area contributed by atoms with Gasteiger partial charge in [0.2, 0.25) is 5.91 Å². The monoisotopic (exact) mass is 405 g/mol. The highest BCUT2D eigenvalue weighted by molar-refractivity contribution is 7.18. The minimum absolute atomic E-state index is 0.112. The molecule has 1 aromatic carbocycles. The molecule has 1 unspecified atom stereocenters. The minimum atomic E-state index is 0.112. The van der Waals surface area contributed by atoms with Crippen molar-refractivity contribution in [3.8, 4) is 11.5 Å². The second-order valence-electron chi connectivity index (χ2n) is 7.09. The summed E-state index contributed by atoms with van der Waals surface area (Å²) in [6.45, 7) is 1.36. The molecule has 7 nitrogen and oxygen atoms in total. The second-order valence-corrected chi connectivity index (χ2v) is 8.21. The molecule has 0 spiro atoms. The number of pyridine rings is 1. The number of hydrogen-bond donors (Lipinski definition) is 0. The van der Waals surface area contributed by atoms with Gasteiger partial charge in [-0.3, -0.25) is 9.78 Å². The number of benzene rings is 1. The van der Waals surface area contributed by atoms with Crippen LogP contribution >= 0.6 is 11.3 Å². The van der Waals surface area contributed by atoms with E-state index in [1.54, 1.807) is 23.7 Å². The molecule has 4 aromatic rings. The Morgan fingerprint density at radius 2 is 2.03 bits per heavy atom. The maximum Gasteiger partial charge on any atom is 0.258 e. The SMILES string of the molecule is O=C(CCc1nc2ccccc2s1)N1CCC(c2noc(-c3ccncc3)n2)C1. The van der Waals surface area contributed by atoms with Gasteiger partial charge < -0.3 is 9.42 Å². The van der Waals surface area contributed by atoms with Crippen LogP contribution in [0.4, 0.5) is 0 Å². The number of thiazole rings is 1. The topological polar surface area (TPSA) is 85.0 Å². The fourth-order valence-corrected chi connectivity index (χ4v) is 4.58. The Balaban J connectivity index is 1.19. The van der Waals surface area contributed by atoms with Crippen LogP contribution in [0.2, 0.25) is 0 Å². The average molecular weight is 405 g/mol. The van der Waals surface area contributed by atoms with Crippen molar-refractivity contribution in [2.75, 3.05) is 13.1 Å². The normalized spacial score (nSPS) is 16.6. The van der Waals surface area contributed by atoms with E-state index >= 15 is 0 Å². The van der Waals surface area contributed by atoms with Crippen LogP contribution in [-0.2, 0) is 11.2 Å². The average Bonchev–Trinajstić information content (AvgIpc) is 3.51. The Kier molecular flexibility index (Phi) is 4.77. The molecule has 146 valence electrons. The van der Waals surface area contributed by atoms with Crippen molar-refractivity contribution in [2.24, 2.45) is 0 Å². The number of rotatable bonds is 5. The van der Waals surface area contributed by atoms with Gasteiger partial charge in [-0.15, -0.1) is 11.3 Å². The maximum atomic E-state index is 12.7. The number of nitrogens with zero attached hydrogens (tertiary/aromatic N) is 5. The third kappa shape index (κ3) is 3.75. The van der Waals surface area contributed by atoms with Crippen LogP contribution in [0.25, 0.3) is 21.7 Å². The van der Waals surface area contributed by atoms with Crippen molar-refractivity contribution in [3.05, 3.63) is 59.6 Å². The predicted molar refractivity (Wildman–Crippen MR) is 109 cm³/mol. The first-order valence-electron chi connectivity index (χ1n) is 9.62. The lowest BCUT2D eigenvalue weighted by atomic mass is 10.1. The van der Waals surface area contributed by atoms with Gasteiger partial charge in [-0.25, -0.2) is 4.98 Å². The van der Waals surface area contributed by atoms with Gasteiger partial charge in [0.25, 0.3) is 5.89 Å². The summed E-state index contributed by atoms with van der Waals surface area (Å²) in [5.41, 5.74) is 1.85. The van der Waals surface area contributed by atoms with Crippen molar-refractivity contribution in [1.29, 1.82) is 0 Å². The molecule has 1 aliphatic rings. The number of aryl methyl sites for hydroxylation is 1. The van der Waals surface area contributed by atoms with Crippen LogP contribution in [-0.4, -0.2) is 44.0 Å². The number of likely N-dealkylation sites (tertiary alicyclic amines) is 1. The Hall–Kier alpha value is -3.13. The first-order valence-corrected chi connectivity index (χ1v) is 10.4. The smallest absolute Gasteiger partial charge is 0.258 e. The van der Waals surface area contributed by atoms with Gasteiger partial charge in [-0.2, -0.15) is 4.98 Å². The summed E-state index contributed by atoms with van der Waals surface area (Å²) in [5, 5.41) is 5.14. The number of carbonyl (C=O) groups excluding carboxylic acids is 1. The summed E-state index contributed by atoms with van der Waals surface area (Å²) in [6.07, 6.45) is 5.39. The van der Waals surface area contributed by atoms with Crippen molar-refractivity contribution in [1.82, 2.24) is 25.0 Å². The highest BCUT2D eigenvalue weighted by atomic mass is 32.1. The van der Waals surface area contributed by atoms with Crippen LogP contribution in [0.15, 0.2) is 53.3 Å². The van der Waals surface area contributed by atoms with E-state index in [-0.39, 0.29) is 11.8 Å². The highest BCUT2D eigenvalue weighted by Crippen LogP contribution is 2.28. The second kappa shape index (κ2) is 7.71. The number of amides is 1. The fourth-order valence-electron chi connectivity index (χ4n) is 3.61. The summed E-state index contributed by atoms with van der Waals surface area (Å²) in [7, 11) is 0. The molecule has 0 bridgehead atoms. The van der Waals surface area contributed by atoms with Gasteiger partial charge in [0.15, 0.2) is 5.82 Å². The van der Waals surface area contributed by atoms with E-state index in [1.165, 1.54) is 4.70 Å². The van der Waals surface area contributed by atoms with Gasteiger partial charge in [-0.1, -0.05) is 17.3 Å². The first kappa shape index (κ1) is 17.9. The van der Waals surface area contributed by atoms with Crippen molar-refractivity contribution >= 4 is 27.5 Å². The Labute approximate surface area is 171 Å². The minimum Gasteiger partial charge on any atom is -0.342 e. The van der Waals surface area contributed by atoms with Crippen molar-refractivity contribution < 1.29 is 9.32 Å².